The van der Waals surface area contributed by atoms with Gasteiger partial charge in [-0.2, -0.15) is 0 Å². The van der Waals surface area contributed by atoms with Crippen LogP contribution in [0.25, 0.3) is 0 Å². The zero-order valence-corrected chi connectivity index (χ0v) is 10.7. The molecule has 1 amide bonds. The predicted molar refractivity (Wildman–Crippen MR) is 74.8 cm³/mol. The van der Waals surface area contributed by atoms with Crippen LogP contribution in [0.15, 0.2) is 30.3 Å². The van der Waals surface area contributed by atoms with Crippen molar-refractivity contribution in [1.29, 1.82) is 0 Å². The molecule has 1 rings (SSSR count). The topological polar surface area (TPSA) is 90.2 Å². The van der Waals surface area contributed by atoms with Gasteiger partial charge in [0.2, 0.25) is 6.41 Å². The summed E-state index contributed by atoms with van der Waals surface area (Å²) in [6.45, 7) is 1.31. The number of benzene rings is 1. The van der Waals surface area contributed by atoms with Crippen LogP contribution in [0.3, 0.4) is 0 Å². The monoisotopic (exact) mass is 293 g/mol. The molecule has 0 aliphatic carbocycles. The number of aliphatic hydroxyl groups excluding tert-OH is 3. The predicted octanol–water partition coefficient (Wildman–Crippen LogP) is -0.969. The third-order valence-electron chi connectivity index (χ3n) is 2.61. The zero-order chi connectivity index (χ0) is 14.3. The Morgan fingerprint density at radius 1 is 1.25 bits per heavy atom. The van der Waals surface area contributed by atoms with Crippen LogP contribution in [0.1, 0.15) is 12.5 Å². The summed E-state index contributed by atoms with van der Waals surface area (Å²) in [6, 6.07) is 9.23. The van der Waals surface area contributed by atoms with Gasteiger partial charge < -0.3 is 15.3 Å². The van der Waals surface area contributed by atoms with Gasteiger partial charge in [0, 0.05) is 0 Å². The van der Waals surface area contributed by atoms with Crippen LogP contribution < -0.4 is 0 Å². The Morgan fingerprint density at radius 3 is 2.35 bits per heavy atom. The molecule has 6 nitrogen and oxygen atoms in total. The number of carbonyl (C=O) groups is 1. The van der Waals surface area contributed by atoms with Crippen LogP contribution in [0.5, 0.6) is 0 Å². The number of carbonyl (C=O) groups excluding carboxylic acids is 1. The van der Waals surface area contributed by atoms with E-state index in [0.29, 0.717) is 6.41 Å². The summed E-state index contributed by atoms with van der Waals surface area (Å²) < 4.78 is 0. The number of rotatable bonds is 8. The van der Waals surface area contributed by atoms with Gasteiger partial charge >= 0.3 is 29.6 Å². The van der Waals surface area contributed by atoms with Crippen molar-refractivity contribution in [3.63, 3.8) is 0 Å². The van der Waals surface area contributed by atoms with E-state index in [1.807, 2.05) is 30.3 Å². The molecule has 0 aromatic heterocycles. The Kier molecular flexibility index (Phi) is 10.0. The minimum atomic E-state index is -1.33. The van der Waals surface area contributed by atoms with E-state index in [9.17, 15) is 15.0 Å². The molecule has 20 heavy (non-hydrogen) atoms. The van der Waals surface area contributed by atoms with Crippen molar-refractivity contribution in [3.8, 4) is 0 Å². The van der Waals surface area contributed by atoms with E-state index < -0.39 is 18.3 Å². The molecular weight excluding hydrogens is 273 g/mol. The SMILES string of the molecule is C[C@@H](O)[C@@H](O)[C@@H](O)CN(C=O)OCc1ccccc1.[NaH]. The molecule has 7 heteroatoms. The first-order chi connectivity index (χ1) is 9.04. The molecule has 3 N–H and O–H groups in total. The summed E-state index contributed by atoms with van der Waals surface area (Å²) in [7, 11) is 0. The van der Waals surface area contributed by atoms with Crippen LogP contribution in [0.2, 0.25) is 0 Å². The molecule has 0 fully saturated rings. The van der Waals surface area contributed by atoms with Crippen LogP contribution >= 0.6 is 0 Å². The van der Waals surface area contributed by atoms with Crippen molar-refractivity contribution in [2.75, 3.05) is 6.54 Å². The first-order valence-electron chi connectivity index (χ1n) is 5.97. The maximum atomic E-state index is 10.8. The van der Waals surface area contributed by atoms with Crippen molar-refractivity contribution >= 4 is 36.0 Å². The molecule has 108 valence electrons. The molecule has 0 saturated carbocycles. The van der Waals surface area contributed by atoms with E-state index in [-0.39, 0.29) is 42.7 Å². The summed E-state index contributed by atoms with van der Waals surface area (Å²) >= 11 is 0. The quantitative estimate of drug-likeness (QED) is 0.326. The first kappa shape index (κ1) is 19.5. The summed E-state index contributed by atoms with van der Waals surface area (Å²) in [5.74, 6) is 0. The standard InChI is InChI=1S/C13H19NO5.Na.H/c1-10(16)13(18)12(17)7-14(9-15)19-8-11-5-3-2-4-6-11;;/h2-6,9-10,12-13,16-18H,7-8H2,1H3;;/t10-,12+,13-;;/m1../s1. The van der Waals surface area contributed by atoms with E-state index in [1.54, 1.807) is 0 Å². The molecule has 1 aromatic rings. The Labute approximate surface area is 140 Å². The molecule has 0 saturated heterocycles. The molecule has 0 aliphatic rings. The average molecular weight is 293 g/mol. The Morgan fingerprint density at radius 2 is 1.85 bits per heavy atom. The molecule has 0 bridgehead atoms. The molecule has 0 spiro atoms. The van der Waals surface area contributed by atoms with Crippen molar-refractivity contribution in [2.24, 2.45) is 0 Å². The van der Waals surface area contributed by atoms with E-state index >= 15 is 0 Å². The van der Waals surface area contributed by atoms with Gasteiger partial charge in [-0.3, -0.25) is 9.63 Å². The van der Waals surface area contributed by atoms with E-state index in [2.05, 4.69) is 0 Å². The second-order valence-corrected chi connectivity index (χ2v) is 4.26. The number of amides is 1. The van der Waals surface area contributed by atoms with E-state index in [1.165, 1.54) is 6.92 Å². The summed E-state index contributed by atoms with van der Waals surface area (Å²) in [4.78, 5) is 16.0. The van der Waals surface area contributed by atoms with Crippen LogP contribution in [0, 0.1) is 0 Å². The Hall–Kier alpha value is -0.470. The molecular formula is C13H20NNaO5. The summed E-state index contributed by atoms with van der Waals surface area (Å²) in [5.41, 5.74) is 0.875. The van der Waals surface area contributed by atoms with Gasteiger partial charge in [-0.15, -0.1) is 0 Å². The number of hydrogen-bond acceptors (Lipinski definition) is 5. The van der Waals surface area contributed by atoms with Crippen LogP contribution in [-0.2, 0) is 16.2 Å². The molecule has 0 heterocycles. The number of hydrogen-bond donors (Lipinski definition) is 3. The number of hydroxylamine groups is 2. The van der Waals surface area contributed by atoms with Crippen molar-refractivity contribution < 1.29 is 25.0 Å². The van der Waals surface area contributed by atoms with Crippen molar-refractivity contribution in [2.45, 2.75) is 31.8 Å². The van der Waals surface area contributed by atoms with Gasteiger partial charge in [-0.1, -0.05) is 30.3 Å². The fourth-order valence-corrected chi connectivity index (χ4v) is 1.47. The normalized spacial score (nSPS) is 14.8. The van der Waals surface area contributed by atoms with Gasteiger partial charge in [-0.05, 0) is 12.5 Å². The van der Waals surface area contributed by atoms with Gasteiger partial charge in [0.15, 0.2) is 0 Å². The summed E-state index contributed by atoms with van der Waals surface area (Å²) in [5, 5.41) is 29.0. The Balaban J connectivity index is 0.00000361. The average Bonchev–Trinajstić information content (AvgIpc) is 2.43. The van der Waals surface area contributed by atoms with E-state index in [4.69, 9.17) is 9.94 Å². The molecule has 3 atom stereocenters. The second kappa shape index (κ2) is 10.3. The van der Waals surface area contributed by atoms with Crippen molar-refractivity contribution in [1.82, 2.24) is 5.06 Å². The van der Waals surface area contributed by atoms with Crippen LogP contribution in [0.4, 0.5) is 0 Å². The third-order valence-corrected chi connectivity index (χ3v) is 2.61. The third kappa shape index (κ3) is 6.81. The maximum absolute atomic E-state index is 10.8. The van der Waals surface area contributed by atoms with Crippen LogP contribution in [-0.4, -0.2) is 81.2 Å². The van der Waals surface area contributed by atoms with E-state index in [0.717, 1.165) is 10.6 Å². The molecule has 0 unspecified atom stereocenters. The number of aliphatic hydroxyl groups is 3. The molecule has 0 aliphatic heterocycles. The molecule has 0 radical (unpaired) electrons. The zero-order valence-electron chi connectivity index (χ0n) is 10.7. The van der Waals surface area contributed by atoms with Gasteiger partial charge in [0.25, 0.3) is 0 Å². The Bertz CT molecular complexity index is 376. The fourth-order valence-electron chi connectivity index (χ4n) is 1.47. The van der Waals surface area contributed by atoms with Gasteiger partial charge in [-0.25, -0.2) is 5.06 Å². The second-order valence-electron chi connectivity index (χ2n) is 4.26. The summed E-state index contributed by atoms with van der Waals surface area (Å²) in [6.07, 6.45) is -3.28. The minimum absolute atomic E-state index is 0. The fraction of sp³-hybridized carbons (Fsp3) is 0.462. The molecule has 1 aromatic carbocycles. The van der Waals surface area contributed by atoms with Gasteiger partial charge in [0.1, 0.15) is 18.8 Å². The number of nitrogens with zero attached hydrogens (tertiary/aromatic N) is 1. The van der Waals surface area contributed by atoms with Crippen molar-refractivity contribution in [3.05, 3.63) is 35.9 Å². The first-order valence-corrected chi connectivity index (χ1v) is 5.97. The van der Waals surface area contributed by atoms with Gasteiger partial charge in [0.05, 0.1) is 12.6 Å².